The van der Waals surface area contributed by atoms with Gasteiger partial charge in [0.05, 0.1) is 23.5 Å². The van der Waals surface area contributed by atoms with Gasteiger partial charge in [-0.25, -0.2) is 18.9 Å². The Kier molecular flexibility index (Phi) is 3.57. The van der Waals surface area contributed by atoms with Gasteiger partial charge in [-0.05, 0) is 25.0 Å². The van der Waals surface area contributed by atoms with Crippen molar-refractivity contribution in [2.24, 2.45) is 0 Å². The van der Waals surface area contributed by atoms with Crippen LogP contribution in [0.4, 0.5) is 10.2 Å². The number of nitrogens with zero attached hydrogens (tertiary/aromatic N) is 5. The van der Waals surface area contributed by atoms with E-state index in [4.69, 9.17) is 9.72 Å². The number of hydrogen-bond donors (Lipinski definition) is 2. The van der Waals surface area contributed by atoms with E-state index in [9.17, 15) is 9.50 Å². The molecule has 5 rings (SSSR count). The van der Waals surface area contributed by atoms with Crippen LogP contribution in [-0.4, -0.2) is 44.6 Å². The fraction of sp³-hybridized carbons (Fsp3) is 0.316. The summed E-state index contributed by atoms with van der Waals surface area (Å²) in [5.74, 6) is 0.593. The van der Waals surface area contributed by atoms with Crippen LogP contribution in [0.2, 0.25) is 0 Å². The number of hydrogen-bond acceptors (Lipinski definition) is 7. The van der Waals surface area contributed by atoms with Crippen LogP contribution in [0.3, 0.4) is 0 Å². The van der Waals surface area contributed by atoms with Gasteiger partial charge in [-0.3, -0.25) is 0 Å². The summed E-state index contributed by atoms with van der Waals surface area (Å²) in [6.45, 7) is 3.91. The van der Waals surface area contributed by atoms with Gasteiger partial charge in [-0.15, -0.1) is 0 Å². The molecule has 144 valence electrons. The van der Waals surface area contributed by atoms with E-state index < -0.39 is 17.6 Å². The fourth-order valence-electron chi connectivity index (χ4n) is 3.74. The number of anilines is 1. The summed E-state index contributed by atoms with van der Waals surface area (Å²) >= 11 is 0. The minimum Gasteiger partial charge on any atom is -0.473 e. The molecule has 3 aromatic heterocycles. The third-order valence-corrected chi connectivity index (χ3v) is 5.43. The maximum Gasteiger partial charge on any atom is 0.219 e. The molecule has 0 amide bonds. The Balaban J connectivity index is 1.70. The Hall–Kier alpha value is -3.20. The first-order valence-electron chi connectivity index (χ1n) is 8.99. The molecule has 0 aromatic carbocycles. The van der Waals surface area contributed by atoms with E-state index >= 15 is 0 Å². The zero-order valence-corrected chi connectivity index (χ0v) is 15.3. The molecule has 1 atom stereocenters. The number of ether oxygens (including phenoxy) is 1. The minimum absolute atomic E-state index is 0.0696. The highest BCUT2D eigenvalue weighted by atomic mass is 19.1. The third-order valence-electron chi connectivity index (χ3n) is 5.43. The molecular weight excluding hydrogens is 363 g/mol. The van der Waals surface area contributed by atoms with Gasteiger partial charge in [-0.1, -0.05) is 6.58 Å². The van der Waals surface area contributed by atoms with Gasteiger partial charge < -0.3 is 20.1 Å². The molecule has 1 aliphatic carbocycles. The van der Waals surface area contributed by atoms with Crippen LogP contribution in [0, 0.1) is 5.82 Å². The molecule has 28 heavy (non-hydrogen) atoms. The summed E-state index contributed by atoms with van der Waals surface area (Å²) in [6, 6.07) is 3.31. The lowest BCUT2D eigenvalue weighted by atomic mass is 10.0. The van der Waals surface area contributed by atoms with E-state index in [0.717, 1.165) is 24.9 Å². The summed E-state index contributed by atoms with van der Waals surface area (Å²) in [4.78, 5) is 10.9. The van der Waals surface area contributed by atoms with Crippen molar-refractivity contribution in [2.45, 2.75) is 24.6 Å². The highest BCUT2D eigenvalue weighted by Crippen LogP contribution is 2.54. The van der Waals surface area contributed by atoms with Crippen LogP contribution in [-0.2, 0) is 5.54 Å². The average molecular weight is 382 g/mol. The Morgan fingerprint density at radius 3 is 3.00 bits per heavy atom. The van der Waals surface area contributed by atoms with E-state index in [0.29, 0.717) is 28.4 Å². The predicted molar refractivity (Wildman–Crippen MR) is 100 cm³/mol. The van der Waals surface area contributed by atoms with Crippen molar-refractivity contribution in [3.05, 3.63) is 54.2 Å². The summed E-state index contributed by atoms with van der Waals surface area (Å²) in [7, 11) is 1.93. The average Bonchev–Trinajstić information content (AvgIpc) is 3.38. The number of aliphatic hydroxyl groups excluding tert-OH is 1. The normalized spacial score (nSPS) is 20.8. The molecule has 1 fully saturated rings. The fourth-order valence-corrected chi connectivity index (χ4v) is 3.74. The highest BCUT2D eigenvalue weighted by molar-refractivity contribution is 5.74. The second kappa shape index (κ2) is 5.90. The van der Waals surface area contributed by atoms with Crippen LogP contribution in [0.1, 0.15) is 24.0 Å². The van der Waals surface area contributed by atoms with Gasteiger partial charge in [0.25, 0.3) is 0 Å². The van der Waals surface area contributed by atoms with E-state index in [2.05, 4.69) is 22.0 Å². The first kappa shape index (κ1) is 16.9. The quantitative estimate of drug-likeness (QED) is 0.611. The summed E-state index contributed by atoms with van der Waals surface area (Å²) in [6.07, 6.45) is 5.19. The van der Waals surface area contributed by atoms with Crippen molar-refractivity contribution in [3.8, 4) is 5.88 Å². The lowest BCUT2D eigenvalue weighted by molar-refractivity contribution is 0.0901. The van der Waals surface area contributed by atoms with Crippen LogP contribution in [0.25, 0.3) is 11.3 Å². The SMILES string of the molecule is C=C1NC(O)COc2ncc(F)cc2C2(CC2)N(C)c2ccn3ncc1c3n2. The summed E-state index contributed by atoms with van der Waals surface area (Å²) in [5.41, 5.74) is 1.96. The first-order valence-corrected chi connectivity index (χ1v) is 8.99. The molecule has 1 unspecified atom stereocenters. The molecule has 1 aliphatic heterocycles. The number of rotatable bonds is 0. The topological polar surface area (TPSA) is 87.8 Å². The molecule has 2 bridgehead atoms. The zero-order chi connectivity index (χ0) is 19.5. The number of nitrogens with one attached hydrogen (secondary N) is 1. The van der Waals surface area contributed by atoms with Gasteiger partial charge in [0.1, 0.15) is 18.2 Å². The van der Waals surface area contributed by atoms with Crippen LogP contribution in [0.15, 0.2) is 37.3 Å². The van der Waals surface area contributed by atoms with Gasteiger partial charge in [0.15, 0.2) is 11.9 Å². The van der Waals surface area contributed by atoms with Crippen molar-refractivity contribution >= 4 is 17.2 Å². The number of aromatic nitrogens is 4. The van der Waals surface area contributed by atoms with Crippen molar-refractivity contribution in [1.29, 1.82) is 0 Å². The Bertz CT molecular complexity index is 1090. The number of pyridine rings is 1. The van der Waals surface area contributed by atoms with Crippen LogP contribution >= 0.6 is 0 Å². The smallest absolute Gasteiger partial charge is 0.219 e. The second-order valence-electron chi connectivity index (χ2n) is 7.16. The maximum atomic E-state index is 14.0. The van der Waals surface area contributed by atoms with Crippen molar-refractivity contribution < 1.29 is 14.2 Å². The van der Waals surface area contributed by atoms with Gasteiger partial charge >= 0.3 is 0 Å². The third kappa shape index (κ3) is 2.50. The Labute approximate surface area is 160 Å². The monoisotopic (exact) mass is 382 g/mol. The summed E-state index contributed by atoms with van der Waals surface area (Å²) in [5, 5.41) is 17.5. The maximum absolute atomic E-state index is 14.0. The predicted octanol–water partition coefficient (Wildman–Crippen LogP) is 1.66. The molecule has 9 heteroatoms. The molecule has 2 aliphatic rings. The highest BCUT2D eigenvalue weighted by Gasteiger charge is 2.51. The van der Waals surface area contributed by atoms with Gasteiger partial charge in [0.2, 0.25) is 5.88 Å². The lowest BCUT2D eigenvalue weighted by Crippen LogP contribution is -2.35. The van der Waals surface area contributed by atoms with Crippen molar-refractivity contribution in [1.82, 2.24) is 24.9 Å². The largest absolute Gasteiger partial charge is 0.473 e. The molecule has 4 heterocycles. The molecule has 1 spiro atoms. The second-order valence-corrected chi connectivity index (χ2v) is 7.16. The van der Waals surface area contributed by atoms with Gasteiger partial charge in [0, 0.05) is 24.5 Å². The van der Waals surface area contributed by atoms with Crippen LogP contribution < -0.4 is 15.0 Å². The molecular formula is C19H19FN6O2. The number of fused-ring (bicyclic) bond motifs is 3. The van der Waals surface area contributed by atoms with Crippen molar-refractivity contribution in [3.63, 3.8) is 0 Å². The van der Waals surface area contributed by atoms with E-state index in [-0.39, 0.29) is 6.61 Å². The molecule has 8 nitrogen and oxygen atoms in total. The molecule has 0 saturated heterocycles. The molecule has 3 aromatic rings. The van der Waals surface area contributed by atoms with Crippen molar-refractivity contribution in [2.75, 3.05) is 18.6 Å². The minimum atomic E-state index is -1.03. The summed E-state index contributed by atoms with van der Waals surface area (Å²) < 4.78 is 21.4. The molecule has 1 saturated carbocycles. The van der Waals surface area contributed by atoms with Crippen LogP contribution in [0.5, 0.6) is 5.88 Å². The number of aliphatic hydroxyl groups is 1. The molecule has 0 radical (unpaired) electrons. The first-order chi connectivity index (χ1) is 13.5. The Morgan fingerprint density at radius 2 is 2.21 bits per heavy atom. The van der Waals surface area contributed by atoms with Gasteiger partial charge in [-0.2, -0.15) is 5.10 Å². The zero-order valence-electron chi connectivity index (χ0n) is 15.3. The lowest BCUT2D eigenvalue weighted by Gasteiger charge is -2.30. The van der Waals surface area contributed by atoms with E-state index in [1.807, 2.05) is 24.2 Å². The Morgan fingerprint density at radius 1 is 1.39 bits per heavy atom. The number of halogens is 1. The van der Waals surface area contributed by atoms with E-state index in [1.54, 1.807) is 10.7 Å². The standard InChI is InChI=1S/C19H19FN6O2/c1-11-13-9-22-26-6-3-15(24-17(13)26)25(2)19(4-5-19)14-7-12(20)8-21-18(14)28-10-16(27)23-11/h3,6-9,16,23,27H,1,4-5,10H2,2H3. The van der Waals surface area contributed by atoms with E-state index in [1.165, 1.54) is 6.07 Å². The molecule has 2 N–H and O–H groups in total.